The Balaban J connectivity index is 2.06. The summed E-state index contributed by atoms with van der Waals surface area (Å²) in [6.07, 6.45) is -5.82. The lowest BCUT2D eigenvalue weighted by Crippen LogP contribution is -2.19. The normalized spacial score (nSPS) is 11.9. The third kappa shape index (κ3) is 3.99. The van der Waals surface area contributed by atoms with E-state index < -0.39 is 30.7 Å². The number of hydrogen-bond acceptors (Lipinski definition) is 2. The molecule has 0 spiro atoms. The van der Waals surface area contributed by atoms with Crippen LogP contribution in [0, 0.1) is 5.82 Å². The first-order chi connectivity index (χ1) is 12.1. The van der Waals surface area contributed by atoms with Gasteiger partial charge in [0.15, 0.2) is 5.78 Å². The van der Waals surface area contributed by atoms with Crippen LogP contribution in [0.4, 0.5) is 17.6 Å². The summed E-state index contributed by atoms with van der Waals surface area (Å²) in [5.74, 6) is -1.34. The summed E-state index contributed by atoms with van der Waals surface area (Å²) in [6.45, 7) is -0.397. The van der Waals surface area contributed by atoms with E-state index >= 15 is 0 Å². The Bertz CT molecular complexity index is 981. The van der Waals surface area contributed by atoms with Crippen LogP contribution >= 0.6 is 23.2 Å². The van der Waals surface area contributed by atoms with Crippen LogP contribution in [0.3, 0.4) is 0 Å². The Hall–Kier alpha value is -2.12. The minimum atomic E-state index is -4.51. The molecule has 2 aromatic carbocycles. The number of aromatic nitrogens is 2. The van der Waals surface area contributed by atoms with Gasteiger partial charge in [-0.05, 0) is 36.4 Å². The van der Waals surface area contributed by atoms with Crippen molar-refractivity contribution >= 4 is 40.0 Å². The number of halogens is 6. The highest BCUT2D eigenvalue weighted by Crippen LogP contribution is 2.30. The summed E-state index contributed by atoms with van der Waals surface area (Å²) < 4.78 is 52.8. The summed E-state index contributed by atoms with van der Waals surface area (Å²) in [5, 5.41) is 0.278. The molecule has 26 heavy (non-hydrogen) atoms. The molecule has 136 valence electrons. The molecule has 1 heterocycles. The maximum absolute atomic E-state index is 13.0. The summed E-state index contributed by atoms with van der Waals surface area (Å²) in [5.41, 5.74) is 0.630. The monoisotopic (exact) mass is 404 g/mol. The smallest absolute Gasteiger partial charge is 0.320 e. The number of benzene rings is 2. The van der Waals surface area contributed by atoms with Crippen LogP contribution in [0.25, 0.3) is 11.0 Å². The standard InChI is InChI=1S/C17H10Cl2F4N2O/c18-11-5-13-14(6-12(11)19)25(16(24-13)7-17(21,22)23)8-15(26)9-1-3-10(20)4-2-9/h1-6H,7-8H2. The largest absolute Gasteiger partial charge is 0.396 e. The lowest BCUT2D eigenvalue weighted by atomic mass is 10.1. The highest BCUT2D eigenvalue weighted by Gasteiger charge is 2.31. The molecule has 9 heteroatoms. The fraction of sp³-hybridized carbons (Fsp3) is 0.176. The minimum Gasteiger partial charge on any atom is -0.320 e. The van der Waals surface area contributed by atoms with Crippen LogP contribution in [-0.4, -0.2) is 21.5 Å². The van der Waals surface area contributed by atoms with Gasteiger partial charge in [-0.25, -0.2) is 9.37 Å². The fourth-order valence-electron chi connectivity index (χ4n) is 2.53. The van der Waals surface area contributed by atoms with E-state index in [-0.39, 0.29) is 32.5 Å². The molecule has 0 aliphatic rings. The molecule has 0 aliphatic carbocycles. The number of fused-ring (bicyclic) bond motifs is 1. The number of ketones is 1. The van der Waals surface area contributed by atoms with Crippen molar-refractivity contribution in [2.24, 2.45) is 0 Å². The fourth-order valence-corrected chi connectivity index (χ4v) is 2.85. The van der Waals surface area contributed by atoms with E-state index in [1.165, 1.54) is 24.3 Å². The highest BCUT2D eigenvalue weighted by atomic mass is 35.5. The van der Waals surface area contributed by atoms with Gasteiger partial charge in [-0.1, -0.05) is 23.2 Å². The second kappa shape index (κ2) is 6.89. The van der Waals surface area contributed by atoms with Gasteiger partial charge < -0.3 is 4.57 Å². The van der Waals surface area contributed by atoms with Crippen molar-refractivity contribution in [2.45, 2.75) is 19.1 Å². The number of carbonyl (C=O) groups is 1. The zero-order chi connectivity index (χ0) is 19.1. The Morgan fingerprint density at radius 3 is 2.31 bits per heavy atom. The molecule has 0 aliphatic heterocycles. The Morgan fingerprint density at radius 2 is 1.69 bits per heavy atom. The number of carbonyl (C=O) groups excluding carboxylic acids is 1. The maximum Gasteiger partial charge on any atom is 0.396 e. The van der Waals surface area contributed by atoms with Crippen LogP contribution in [-0.2, 0) is 13.0 Å². The van der Waals surface area contributed by atoms with E-state index in [0.29, 0.717) is 0 Å². The molecular formula is C17H10Cl2F4N2O. The van der Waals surface area contributed by atoms with E-state index in [2.05, 4.69) is 4.98 Å². The van der Waals surface area contributed by atoms with Crippen molar-refractivity contribution in [1.29, 1.82) is 0 Å². The quantitative estimate of drug-likeness (QED) is 0.426. The number of Topliss-reactive ketones (excluding diaryl/α,β-unsaturated/α-hetero) is 1. The second-order valence-electron chi connectivity index (χ2n) is 5.59. The van der Waals surface area contributed by atoms with E-state index in [9.17, 15) is 22.4 Å². The van der Waals surface area contributed by atoms with E-state index in [0.717, 1.165) is 16.7 Å². The Morgan fingerprint density at radius 1 is 1.08 bits per heavy atom. The molecule has 0 fully saturated rings. The van der Waals surface area contributed by atoms with Crippen LogP contribution in [0.1, 0.15) is 16.2 Å². The molecule has 0 radical (unpaired) electrons. The lowest BCUT2D eigenvalue weighted by Gasteiger charge is -2.11. The van der Waals surface area contributed by atoms with Gasteiger partial charge in [0.2, 0.25) is 0 Å². The molecule has 3 aromatic rings. The van der Waals surface area contributed by atoms with Crippen molar-refractivity contribution in [3.8, 4) is 0 Å². The molecule has 0 amide bonds. The molecule has 0 saturated carbocycles. The zero-order valence-electron chi connectivity index (χ0n) is 12.9. The van der Waals surface area contributed by atoms with Crippen LogP contribution in [0.2, 0.25) is 10.0 Å². The Labute approximate surface area is 155 Å². The molecule has 0 atom stereocenters. The van der Waals surface area contributed by atoms with Gasteiger partial charge in [0.1, 0.15) is 18.1 Å². The topological polar surface area (TPSA) is 34.9 Å². The van der Waals surface area contributed by atoms with Crippen LogP contribution < -0.4 is 0 Å². The molecule has 0 unspecified atom stereocenters. The third-order valence-electron chi connectivity index (χ3n) is 3.70. The first kappa shape index (κ1) is 18.7. The van der Waals surface area contributed by atoms with Gasteiger partial charge in [-0.15, -0.1) is 0 Å². The summed E-state index contributed by atoms with van der Waals surface area (Å²) in [4.78, 5) is 16.4. The minimum absolute atomic E-state index is 0.133. The number of imidazole rings is 1. The molecule has 3 nitrogen and oxygen atoms in total. The van der Waals surface area contributed by atoms with Crippen molar-refractivity contribution < 1.29 is 22.4 Å². The SMILES string of the molecule is O=C(Cn1c(CC(F)(F)F)nc2cc(Cl)c(Cl)cc21)c1ccc(F)cc1. The first-order valence-electron chi connectivity index (χ1n) is 7.34. The number of hydrogen-bond donors (Lipinski definition) is 0. The van der Waals surface area contributed by atoms with Crippen LogP contribution in [0.15, 0.2) is 36.4 Å². The summed E-state index contributed by atoms with van der Waals surface area (Å²) >= 11 is 11.8. The molecule has 0 bridgehead atoms. The molecule has 3 rings (SSSR count). The molecule has 0 saturated heterocycles. The van der Waals surface area contributed by atoms with Crippen molar-refractivity contribution in [1.82, 2.24) is 9.55 Å². The van der Waals surface area contributed by atoms with E-state index in [1.54, 1.807) is 0 Å². The first-order valence-corrected chi connectivity index (χ1v) is 8.09. The van der Waals surface area contributed by atoms with Crippen molar-refractivity contribution in [3.05, 3.63) is 63.6 Å². The van der Waals surface area contributed by atoms with E-state index in [1.807, 2.05) is 0 Å². The van der Waals surface area contributed by atoms with Crippen LogP contribution in [0.5, 0.6) is 0 Å². The Kier molecular flexibility index (Phi) is 4.94. The van der Waals surface area contributed by atoms with Gasteiger partial charge in [0, 0.05) is 5.56 Å². The van der Waals surface area contributed by atoms with Crippen molar-refractivity contribution in [3.63, 3.8) is 0 Å². The van der Waals surface area contributed by atoms with Gasteiger partial charge >= 0.3 is 6.18 Å². The number of alkyl halides is 3. The van der Waals surface area contributed by atoms with Gasteiger partial charge in [-0.2, -0.15) is 13.2 Å². The second-order valence-corrected chi connectivity index (χ2v) is 6.41. The predicted octanol–water partition coefficient (Wildman–Crippen LogP) is 5.47. The lowest BCUT2D eigenvalue weighted by molar-refractivity contribution is -0.128. The molecule has 0 N–H and O–H groups in total. The molecule has 1 aromatic heterocycles. The maximum atomic E-state index is 13.0. The highest BCUT2D eigenvalue weighted by molar-refractivity contribution is 6.42. The summed E-state index contributed by atoms with van der Waals surface area (Å²) in [6, 6.07) is 7.45. The third-order valence-corrected chi connectivity index (χ3v) is 4.42. The number of nitrogens with zero attached hydrogens (tertiary/aromatic N) is 2. The average molecular weight is 405 g/mol. The zero-order valence-corrected chi connectivity index (χ0v) is 14.5. The van der Waals surface area contributed by atoms with Crippen molar-refractivity contribution in [2.75, 3.05) is 0 Å². The van der Waals surface area contributed by atoms with E-state index in [4.69, 9.17) is 23.2 Å². The predicted molar refractivity (Wildman–Crippen MR) is 90.2 cm³/mol. The average Bonchev–Trinajstić information content (AvgIpc) is 2.83. The number of rotatable bonds is 4. The summed E-state index contributed by atoms with van der Waals surface area (Å²) in [7, 11) is 0. The molecular weight excluding hydrogens is 395 g/mol. The van der Waals surface area contributed by atoms with Gasteiger partial charge in [-0.3, -0.25) is 4.79 Å². The van der Waals surface area contributed by atoms with Gasteiger partial charge in [0.05, 0.1) is 27.6 Å². The van der Waals surface area contributed by atoms with Gasteiger partial charge in [0.25, 0.3) is 0 Å².